The smallest absolute Gasteiger partial charge is 0.389 e. The zero-order valence-electron chi connectivity index (χ0n) is 69.3. The maximum Gasteiger partial charge on any atom is 0.416 e. The summed E-state index contributed by atoms with van der Waals surface area (Å²) < 4.78 is 43.4. The monoisotopic (exact) mass is 1530 g/mol. The van der Waals surface area contributed by atoms with Crippen LogP contribution < -0.4 is 4.90 Å². The predicted octanol–water partition coefficient (Wildman–Crippen LogP) is 30.4. The largest absolute Gasteiger partial charge is 0.416 e. The second kappa shape index (κ2) is 42.5. The van der Waals surface area contributed by atoms with E-state index in [1.807, 2.05) is 0 Å². The van der Waals surface area contributed by atoms with Crippen molar-refractivity contribution < 1.29 is 23.0 Å². The molecule has 12 bridgehead atoms. The Morgan fingerprint density at radius 1 is 0.418 bits per heavy atom. The van der Waals surface area contributed by atoms with Gasteiger partial charge in [0.15, 0.2) is 0 Å². The van der Waals surface area contributed by atoms with Crippen molar-refractivity contribution in [3.8, 4) is 0 Å². The molecule has 4 nitrogen and oxygen atoms in total. The Bertz CT molecular complexity index is 2910. The van der Waals surface area contributed by atoms with E-state index in [4.69, 9.17) is 4.74 Å². The fraction of sp³-hybridized carbons (Fsp3) is 0.825. The van der Waals surface area contributed by atoms with Crippen molar-refractivity contribution in [1.29, 1.82) is 0 Å². The molecule has 0 spiro atoms. The van der Waals surface area contributed by atoms with Gasteiger partial charge in [0.05, 0.1) is 11.2 Å². The molecule has 14 saturated carbocycles. The van der Waals surface area contributed by atoms with Gasteiger partial charge in [-0.25, -0.2) is 0 Å². The Kier molecular flexibility index (Phi) is 37.8. The van der Waals surface area contributed by atoms with E-state index in [-0.39, 0.29) is 55.6 Å². The van der Waals surface area contributed by atoms with Gasteiger partial charge in [-0.2, -0.15) is 13.2 Å². The van der Waals surface area contributed by atoms with Crippen molar-refractivity contribution in [2.75, 3.05) is 44.3 Å². The van der Waals surface area contributed by atoms with Gasteiger partial charge in [0.1, 0.15) is 0 Å². The van der Waals surface area contributed by atoms with E-state index in [2.05, 4.69) is 174 Å². The van der Waals surface area contributed by atoms with Gasteiger partial charge in [0.2, 0.25) is 0 Å². The highest BCUT2D eigenvalue weighted by Crippen LogP contribution is 2.64. The molecule has 1 atom stereocenters. The molecule has 110 heavy (non-hydrogen) atoms. The normalized spacial score (nSPS) is 31.8. The first-order chi connectivity index (χ1) is 49.5. The summed E-state index contributed by atoms with van der Waals surface area (Å²) in [5.41, 5.74) is 4.69. The number of aliphatic hydroxyl groups is 1. The first kappa shape index (κ1) is 97.7. The number of nitrogens with zero attached hydrogens (tertiary/aromatic N) is 2. The number of ether oxygens (including phenoxy) is 1. The fourth-order valence-electron chi connectivity index (χ4n) is 27.1. The van der Waals surface area contributed by atoms with Crippen LogP contribution in [0.2, 0.25) is 0 Å². The molecule has 0 amide bonds. The van der Waals surface area contributed by atoms with Crippen LogP contribution >= 0.6 is 0 Å². The zero-order chi connectivity index (χ0) is 74.4. The Morgan fingerprint density at radius 3 is 1.18 bits per heavy atom. The summed E-state index contributed by atoms with van der Waals surface area (Å²) in [7, 11) is 0. The molecule has 7 heteroatoms. The molecule has 634 valence electrons. The van der Waals surface area contributed by atoms with Crippen molar-refractivity contribution in [1.82, 2.24) is 4.90 Å². The highest BCUT2D eigenvalue weighted by Gasteiger charge is 2.57. The van der Waals surface area contributed by atoms with Gasteiger partial charge in [0, 0.05) is 50.6 Å². The second-order valence-electron chi connectivity index (χ2n) is 41.5. The summed E-state index contributed by atoms with van der Waals surface area (Å²) in [6, 6.07) is 27.8. The molecular formula is C103H179F3N2O2. The second-order valence-corrected chi connectivity index (χ2v) is 41.5. The lowest BCUT2D eigenvalue weighted by Crippen LogP contribution is -2.58. The summed E-state index contributed by atoms with van der Waals surface area (Å²) in [4.78, 5) is 5.41. The van der Waals surface area contributed by atoms with Crippen LogP contribution in [-0.4, -0.2) is 60.5 Å². The van der Waals surface area contributed by atoms with Crippen LogP contribution in [0.4, 0.5) is 18.9 Å². The highest BCUT2D eigenvalue weighted by molar-refractivity contribution is 5.46. The number of halogens is 3. The minimum atomic E-state index is -4.26. The lowest BCUT2D eigenvalue weighted by atomic mass is 9.46. The molecule has 2 aliphatic heterocycles. The molecule has 1 unspecified atom stereocenters. The van der Waals surface area contributed by atoms with Crippen LogP contribution in [0.5, 0.6) is 0 Å². The predicted molar refractivity (Wildman–Crippen MR) is 474 cm³/mol. The Labute approximate surface area is 680 Å². The molecular weight excluding hydrogens is 1350 g/mol. The fourth-order valence-corrected chi connectivity index (χ4v) is 27.1. The van der Waals surface area contributed by atoms with Gasteiger partial charge in [-0.15, -0.1) is 0 Å². The van der Waals surface area contributed by atoms with Crippen molar-refractivity contribution in [3.05, 3.63) is 102 Å². The summed E-state index contributed by atoms with van der Waals surface area (Å²) in [5.74, 6) is 19.8. The Morgan fingerprint density at radius 2 is 0.791 bits per heavy atom. The van der Waals surface area contributed by atoms with Crippen molar-refractivity contribution >= 4 is 5.69 Å². The molecule has 3 aromatic rings. The lowest BCUT2D eigenvalue weighted by Gasteiger charge is -2.59. The molecule has 2 heterocycles. The topological polar surface area (TPSA) is 35.9 Å². The van der Waals surface area contributed by atoms with Gasteiger partial charge in [-0.1, -0.05) is 248 Å². The van der Waals surface area contributed by atoms with Crippen LogP contribution in [0, 0.1) is 130 Å². The zero-order valence-corrected chi connectivity index (χ0v) is 69.3. The lowest BCUT2D eigenvalue weighted by molar-refractivity contribution is -0.180. The van der Waals surface area contributed by atoms with Gasteiger partial charge in [-0.05, 0) is 336 Å². The number of para-hydroxylation sites is 1. The molecule has 16 fully saturated rings. The van der Waals surface area contributed by atoms with E-state index in [9.17, 15) is 18.3 Å². The summed E-state index contributed by atoms with van der Waals surface area (Å²) in [6.07, 6.45) is 39.2. The van der Waals surface area contributed by atoms with E-state index in [1.54, 1.807) is 81.9 Å². The van der Waals surface area contributed by atoms with E-state index in [0.29, 0.717) is 53.3 Å². The average Bonchev–Trinajstić information content (AvgIpc) is 0.740. The number of anilines is 1. The maximum atomic E-state index is 12.6. The van der Waals surface area contributed by atoms with E-state index >= 15 is 0 Å². The molecule has 0 aromatic heterocycles. The maximum absolute atomic E-state index is 12.6. The van der Waals surface area contributed by atoms with Crippen molar-refractivity contribution in [2.24, 2.45) is 130 Å². The van der Waals surface area contributed by atoms with Crippen LogP contribution in [0.1, 0.15) is 364 Å². The minimum absolute atomic E-state index is 0. The molecule has 19 rings (SSSR count). The van der Waals surface area contributed by atoms with Gasteiger partial charge >= 0.3 is 6.18 Å². The highest BCUT2D eigenvalue weighted by atomic mass is 19.4. The number of piperazine rings is 1. The molecule has 3 aromatic carbocycles. The van der Waals surface area contributed by atoms with E-state index in [1.165, 1.54) is 153 Å². The minimum Gasteiger partial charge on any atom is -0.389 e. The first-order valence-corrected chi connectivity index (χ1v) is 44.5. The third-order valence-electron chi connectivity index (χ3n) is 31.5. The van der Waals surface area contributed by atoms with Gasteiger partial charge in [0.25, 0.3) is 0 Å². The number of rotatable bonds is 16. The Hall–Kier alpha value is -2.87. The molecule has 16 aliphatic rings. The molecule has 2 saturated heterocycles. The summed E-state index contributed by atoms with van der Waals surface area (Å²) in [6.45, 7) is 41.9. The number of benzene rings is 3. The summed E-state index contributed by atoms with van der Waals surface area (Å²) in [5, 5.41) is 11.0. The first-order valence-electron chi connectivity index (χ1n) is 44.5. The molecule has 0 radical (unpaired) electrons. The third kappa shape index (κ3) is 23.7. The Balaban J connectivity index is 0.000000235. The average molecular weight is 1530 g/mol. The van der Waals surface area contributed by atoms with Gasteiger partial charge < -0.3 is 14.7 Å². The van der Waals surface area contributed by atoms with E-state index in [0.717, 1.165) is 132 Å². The standard InChI is InChI=1S/C20H32N2.C16H21F3O.C16H28.C16H24.C15H26.C14H24O.6CH4/c1-18(2)17-20(11-7-4-8-12-20)22-15-13-21(14-16-22)19-9-5-3-6-10-19;1-12(2)11-15(7-9-20-10-8-15)13-3-5-14(6-4-13)16(17,18)19;1-10(2)16(3,4)15-13-6-11-5-12(8-13)9-14(15)7-11;1-14(2)13-16(11-7-4-8-12-16)15-9-5-3-6-10-15;1-9(2)10(3)15-13-5-11-4-12(7-13)8-14(15)6-11;1-9(2)8-14(15)12-4-10-3-11(6-12)7-13(14)5-10;;;;;;/h3,5-6,9-10,18H,4,7-8,11-17H2,1-2H3;3-6,12H,7-11H2,1-2H3;10-15H,5-9H2,1-4H3;3,5-6,9-10,14H,4,7-8,11-13H2,1-2H3;9-15H,4-8H2,1-3H3;9-13,15H,3-8H2,1-2H3;6*1H4. The van der Waals surface area contributed by atoms with Crippen LogP contribution in [-0.2, 0) is 21.7 Å². The number of alkyl halides is 3. The van der Waals surface area contributed by atoms with Crippen molar-refractivity contribution in [3.63, 3.8) is 0 Å². The molecule has 14 aliphatic carbocycles. The number of hydrogen-bond donors (Lipinski definition) is 1. The molecule has 1 N–H and O–H groups in total. The van der Waals surface area contributed by atoms with E-state index < -0.39 is 11.7 Å². The van der Waals surface area contributed by atoms with Crippen LogP contribution in [0.25, 0.3) is 0 Å². The van der Waals surface area contributed by atoms with Gasteiger partial charge in [-0.3, -0.25) is 4.90 Å². The number of hydrogen-bond acceptors (Lipinski definition) is 4. The summed E-state index contributed by atoms with van der Waals surface area (Å²) >= 11 is 0. The van der Waals surface area contributed by atoms with Crippen LogP contribution in [0.3, 0.4) is 0 Å². The van der Waals surface area contributed by atoms with Crippen molar-refractivity contribution in [2.45, 2.75) is 376 Å². The third-order valence-corrected chi connectivity index (χ3v) is 31.5. The SMILES string of the molecule is C.C.C.C.C.C.CC(C)C(C)(C)C1C2CC3CC(C2)CC1C3.CC(C)C(C)C1C2CC3CC(C2)CC1C3.CC(C)CC1(N2CCN(c3ccccc3)CC2)CCCCC1.CC(C)CC1(O)C2CC3CC(C2)CC1C3.CC(C)CC1(c2ccc(C(F)(F)F)cc2)CCOCC1.CC(C)CC1(c2ccccc2)CCCCC1. The quantitative estimate of drug-likeness (QED) is 0.155. The van der Waals surface area contributed by atoms with Crippen LogP contribution in [0.15, 0.2) is 84.9 Å².